The van der Waals surface area contributed by atoms with Crippen molar-refractivity contribution in [2.75, 3.05) is 0 Å². The molecule has 0 aliphatic carbocycles. The predicted octanol–water partition coefficient (Wildman–Crippen LogP) is 3.65. The van der Waals surface area contributed by atoms with Gasteiger partial charge in [0.25, 0.3) is 0 Å². The van der Waals surface area contributed by atoms with Crippen LogP contribution in [-0.2, 0) is 0 Å². The minimum atomic E-state index is 0.267. The van der Waals surface area contributed by atoms with E-state index in [-0.39, 0.29) is 5.41 Å². The van der Waals surface area contributed by atoms with Crippen molar-refractivity contribution in [1.29, 1.82) is 0 Å². The lowest BCUT2D eigenvalue weighted by Crippen LogP contribution is -2.15. The fraction of sp³-hybridized carbons (Fsp3) is 0.462. The maximum atomic E-state index is 10.5. The van der Waals surface area contributed by atoms with Crippen molar-refractivity contribution in [2.45, 2.75) is 33.6 Å². The summed E-state index contributed by atoms with van der Waals surface area (Å²) in [5, 5.41) is 0. The Morgan fingerprint density at radius 2 is 1.64 bits per heavy atom. The molecule has 0 aromatic heterocycles. The van der Waals surface area contributed by atoms with E-state index >= 15 is 0 Å². The number of hydrogen-bond donors (Lipinski definition) is 0. The molecule has 0 saturated heterocycles. The Balaban J connectivity index is 2.92. The zero-order valence-corrected chi connectivity index (χ0v) is 9.37. The third-order valence-electron chi connectivity index (χ3n) is 2.87. The Bertz CT molecular complexity index is 303. The molecule has 0 fully saturated rings. The van der Waals surface area contributed by atoms with Gasteiger partial charge in [-0.2, -0.15) is 0 Å². The molecule has 0 heterocycles. The van der Waals surface area contributed by atoms with Gasteiger partial charge in [-0.3, -0.25) is 4.79 Å². The third kappa shape index (κ3) is 2.44. The Hall–Kier alpha value is -1.11. The van der Waals surface area contributed by atoms with Crippen LogP contribution in [0.3, 0.4) is 0 Å². The van der Waals surface area contributed by atoms with Crippen molar-refractivity contribution in [1.82, 2.24) is 0 Å². The van der Waals surface area contributed by atoms with Gasteiger partial charge < -0.3 is 0 Å². The van der Waals surface area contributed by atoms with Crippen LogP contribution in [0.25, 0.3) is 0 Å². The zero-order valence-electron chi connectivity index (χ0n) is 9.37. The number of rotatable bonds is 2. The Morgan fingerprint density at radius 3 is 2.00 bits per heavy atom. The van der Waals surface area contributed by atoms with E-state index in [1.165, 1.54) is 5.56 Å². The van der Waals surface area contributed by atoms with Crippen molar-refractivity contribution in [3.8, 4) is 0 Å². The first-order valence-electron chi connectivity index (χ1n) is 5.00. The van der Waals surface area contributed by atoms with E-state index < -0.39 is 0 Å². The van der Waals surface area contributed by atoms with E-state index in [4.69, 9.17) is 0 Å². The van der Waals surface area contributed by atoms with E-state index in [0.29, 0.717) is 5.92 Å². The summed E-state index contributed by atoms with van der Waals surface area (Å²) in [5.74, 6) is 0.503. The van der Waals surface area contributed by atoms with Crippen LogP contribution in [0, 0.1) is 5.41 Å². The van der Waals surface area contributed by atoms with Crippen LogP contribution >= 0.6 is 0 Å². The first-order chi connectivity index (χ1) is 6.45. The van der Waals surface area contributed by atoms with E-state index in [2.05, 4.69) is 27.7 Å². The van der Waals surface area contributed by atoms with Gasteiger partial charge in [-0.05, 0) is 16.9 Å². The summed E-state index contributed by atoms with van der Waals surface area (Å²) in [6, 6.07) is 7.84. The highest BCUT2D eigenvalue weighted by molar-refractivity contribution is 5.74. The van der Waals surface area contributed by atoms with Crippen molar-refractivity contribution >= 4 is 6.29 Å². The molecule has 1 atom stereocenters. The highest BCUT2D eigenvalue weighted by atomic mass is 16.1. The lowest BCUT2D eigenvalue weighted by atomic mass is 9.78. The van der Waals surface area contributed by atoms with Gasteiger partial charge in [0.2, 0.25) is 0 Å². The fourth-order valence-electron chi connectivity index (χ4n) is 1.36. The lowest BCUT2D eigenvalue weighted by molar-refractivity contribution is 0.112. The molecule has 1 rings (SSSR count). The van der Waals surface area contributed by atoms with Crippen molar-refractivity contribution in [2.24, 2.45) is 5.41 Å². The molecule has 1 aromatic carbocycles. The van der Waals surface area contributed by atoms with Gasteiger partial charge in [0.15, 0.2) is 0 Å². The average molecular weight is 190 g/mol. The van der Waals surface area contributed by atoms with Gasteiger partial charge in [-0.1, -0.05) is 52.0 Å². The summed E-state index contributed by atoms with van der Waals surface area (Å²) in [6.07, 6.45) is 0.880. The molecule has 0 aliphatic heterocycles. The second-order valence-corrected chi connectivity index (χ2v) is 4.87. The van der Waals surface area contributed by atoms with Crippen molar-refractivity contribution in [3.63, 3.8) is 0 Å². The molecule has 0 radical (unpaired) electrons. The third-order valence-corrected chi connectivity index (χ3v) is 2.87. The number of carbonyl (C=O) groups excluding carboxylic acids is 1. The minimum Gasteiger partial charge on any atom is -0.298 e. The summed E-state index contributed by atoms with van der Waals surface area (Å²) in [6.45, 7) is 8.90. The van der Waals surface area contributed by atoms with Gasteiger partial charge in [0.05, 0.1) is 0 Å². The summed E-state index contributed by atoms with van der Waals surface area (Å²) in [4.78, 5) is 10.5. The second-order valence-electron chi connectivity index (χ2n) is 4.87. The van der Waals surface area contributed by atoms with Crippen LogP contribution < -0.4 is 0 Å². The van der Waals surface area contributed by atoms with Gasteiger partial charge in [-0.25, -0.2) is 0 Å². The van der Waals surface area contributed by atoms with Crippen LogP contribution in [0.5, 0.6) is 0 Å². The van der Waals surface area contributed by atoms with Crippen LogP contribution in [-0.4, -0.2) is 6.29 Å². The molecule has 0 amide bonds. The number of aldehydes is 1. The van der Waals surface area contributed by atoms with Crippen LogP contribution in [0.4, 0.5) is 0 Å². The normalized spacial score (nSPS) is 13.7. The van der Waals surface area contributed by atoms with Gasteiger partial charge in [-0.15, -0.1) is 0 Å². The Morgan fingerprint density at radius 1 is 1.14 bits per heavy atom. The lowest BCUT2D eigenvalue weighted by Gasteiger charge is -2.27. The molecule has 0 N–H and O–H groups in total. The van der Waals surface area contributed by atoms with Crippen LogP contribution in [0.1, 0.15) is 49.5 Å². The standard InChI is InChI=1S/C13H18O/c1-10(13(2,3)4)12-7-5-11(9-14)6-8-12/h5-10H,1-4H3. The molecular weight excluding hydrogens is 172 g/mol. The number of benzene rings is 1. The SMILES string of the molecule is CC(c1ccc(C=O)cc1)C(C)(C)C. The molecule has 14 heavy (non-hydrogen) atoms. The monoisotopic (exact) mass is 190 g/mol. The molecule has 0 saturated carbocycles. The quantitative estimate of drug-likeness (QED) is 0.650. The van der Waals surface area contributed by atoms with E-state index in [1.807, 2.05) is 24.3 Å². The first kappa shape index (κ1) is 11.0. The highest BCUT2D eigenvalue weighted by Crippen LogP contribution is 2.34. The van der Waals surface area contributed by atoms with Gasteiger partial charge in [0.1, 0.15) is 6.29 Å². The topological polar surface area (TPSA) is 17.1 Å². The maximum Gasteiger partial charge on any atom is 0.150 e. The molecule has 0 aliphatic rings. The molecule has 1 aromatic rings. The van der Waals surface area contributed by atoms with E-state index in [1.54, 1.807) is 0 Å². The summed E-state index contributed by atoms with van der Waals surface area (Å²) in [5.41, 5.74) is 2.31. The molecule has 1 unspecified atom stereocenters. The zero-order chi connectivity index (χ0) is 10.8. The highest BCUT2D eigenvalue weighted by Gasteiger charge is 2.21. The Kier molecular flexibility index (Phi) is 3.10. The first-order valence-corrected chi connectivity index (χ1v) is 5.00. The van der Waals surface area contributed by atoms with E-state index in [9.17, 15) is 4.79 Å². The predicted molar refractivity (Wildman–Crippen MR) is 59.7 cm³/mol. The average Bonchev–Trinajstić information content (AvgIpc) is 2.15. The van der Waals surface area contributed by atoms with Crippen LogP contribution in [0.2, 0.25) is 0 Å². The second kappa shape index (κ2) is 3.95. The van der Waals surface area contributed by atoms with E-state index in [0.717, 1.165) is 11.8 Å². The summed E-state index contributed by atoms with van der Waals surface area (Å²) in [7, 11) is 0. The molecule has 0 bridgehead atoms. The Labute approximate surface area is 86.1 Å². The largest absolute Gasteiger partial charge is 0.298 e. The fourth-order valence-corrected chi connectivity index (χ4v) is 1.36. The van der Waals surface area contributed by atoms with Gasteiger partial charge >= 0.3 is 0 Å². The van der Waals surface area contributed by atoms with Crippen molar-refractivity contribution in [3.05, 3.63) is 35.4 Å². The molecule has 1 heteroatoms. The van der Waals surface area contributed by atoms with Crippen molar-refractivity contribution < 1.29 is 4.79 Å². The maximum absolute atomic E-state index is 10.5. The number of hydrogen-bond acceptors (Lipinski definition) is 1. The van der Waals surface area contributed by atoms with Crippen LogP contribution in [0.15, 0.2) is 24.3 Å². The molecule has 76 valence electrons. The summed E-state index contributed by atoms with van der Waals surface area (Å²) >= 11 is 0. The smallest absolute Gasteiger partial charge is 0.150 e. The number of carbonyl (C=O) groups is 1. The van der Waals surface area contributed by atoms with Gasteiger partial charge in [0, 0.05) is 5.56 Å². The summed E-state index contributed by atoms with van der Waals surface area (Å²) < 4.78 is 0. The molecule has 1 nitrogen and oxygen atoms in total. The molecule has 0 spiro atoms. The molecular formula is C13H18O. The minimum absolute atomic E-state index is 0.267.